The normalized spacial score (nSPS) is 29.2. The predicted octanol–water partition coefficient (Wildman–Crippen LogP) is 1.71. The second-order valence-electron chi connectivity index (χ2n) is 2.27. The largest absolute Gasteiger partial charge is 0.353 e. The summed E-state index contributed by atoms with van der Waals surface area (Å²) in [4.78, 5) is 10.2. The van der Waals surface area contributed by atoms with E-state index in [1.54, 1.807) is 0 Å². The minimum Gasteiger partial charge on any atom is -0.353 e. The molecule has 1 fully saturated rings. The van der Waals surface area contributed by atoms with Gasteiger partial charge >= 0.3 is 0 Å². The maximum Gasteiger partial charge on any atom is 0.256 e. The van der Waals surface area contributed by atoms with Gasteiger partial charge in [0.25, 0.3) is 5.91 Å². The van der Waals surface area contributed by atoms with Crippen molar-refractivity contribution in [3.8, 4) is 0 Å². The van der Waals surface area contributed by atoms with Gasteiger partial charge in [0.15, 0.2) is 0 Å². The van der Waals surface area contributed by atoms with Crippen LogP contribution in [0.15, 0.2) is 0 Å². The Morgan fingerprint density at radius 2 is 2.09 bits per heavy atom. The Kier molecular flexibility index (Phi) is 2.80. The van der Waals surface area contributed by atoms with Gasteiger partial charge in [-0.05, 0) is 0 Å². The molecule has 0 aromatic rings. The molecule has 0 bridgehead atoms. The van der Waals surface area contributed by atoms with E-state index >= 15 is 0 Å². The zero-order chi connectivity index (χ0) is 8.65. The van der Waals surface area contributed by atoms with E-state index in [4.69, 9.17) is 46.4 Å². The molecule has 0 spiro atoms. The van der Waals surface area contributed by atoms with E-state index < -0.39 is 21.0 Å². The Morgan fingerprint density at radius 1 is 1.55 bits per heavy atom. The summed E-state index contributed by atoms with van der Waals surface area (Å²) in [6, 6.07) is 0. The molecule has 11 heavy (non-hydrogen) atoms. The Hall–Kier alpha value is 0.630. The number of carbonyl (C=O) groups excluding carboxylic acids is 1. The van der Waals surface area contributed by atoms with Crippen LogP contribution in [0.1, 0.15) is 0 Å². The summed E-state index contributed by atoms with van der Waals surface area (Å²) < 4.78 is -1.48. The van der Waals surface area contributed by atoms with Crippen molar-refractivity contribution < 1.29 is 4.79 Å². The van der Waals surface area contributed by atoms with Crippen LogP contribution in [0.4, 0.5) is 0 Å². The lowest BCUT2D eigenvalue weighted by molar-refractivity contribution is -0.119. The summed E-state index contributed by atoms with van der Waals surface area (Å²) in [5.41, 5.74) is 0. The highest BCUT2D eigenvalue weighted by Crippen LogP contribution is 2.39. The summed E-state index contributed by atoms with van der Waals surface area (Å²) in [6.45, 7) is 0.323. The Bertz CT molecular complexity index is 181. The smallest absolute Gasteiger partial charge is 0.256 e. The molecule has 0 aromatic carbocycles. The SMILES string of the molecule is O=C1NCC(C(Cl)Cl)C1(Cl)Cl. The van der Waals surface area contributed by atoms with Gasteiger partial charge in [0, 0.05) is 12.5 Å². The van der Waals surface area contributed by atoms with E-state index in [0.29, 0.717) is 6.54 Å². The molecule has 0 saturated carbocycles. The van der Waals surface area contributed by atoms with Crippen LogP contribution in [0.5, 0.6) is 0 Å². The second kappa shape index (κ2) is 3.17. The van der Waals surface area contributed by atoms with Crippen LogP contribution >= 0.6 is 46.4 Å². The quantitative estimate of drug-likeness (QED) is 0.691. The van der Waals surface area contributed by atoms with Crippen molar-refractivity contribution in [2.45, 2.75) is 9.17 Å². The van der Waals surface area contributed by atoms with Crippen molar-refractivity contribution >= 4 is 52.3 Å². The topological polar surface area (TPSA) is 29.1 Å². The standard InChI is InChI=1S/C5H5Cl4NO/c6-3(7)2-1-10-4(11)5(2,8)9/h2-3H,1H2,(H,10,11). The van der Waals surface area contributed by atoms with Crippen LogP contribution in [0.25, 0.3) is 0 Å². The Morgan fingerprint density at radius 3 is 2.27 bits per heavy atom. The average molecular weight is 237 g/mol. The van der Waals surface area contributed by atoms with Gasteiger partial charge in [-0.1, -0.05) is 23.2 Å². The van der Waals surface area contributed by atoms with Crippen molar-refractivity contribution in [2.75, 3.05) is 6.54 Å². The van der Waals surface area contributed by atoms with Gasteiger partial charge in [0.05, 0.1) is 0 Å². The van der Waals surface area contributed by atoms with Crippen LogP contribution in [0.3, 0.4) is 0 Å². The fourth-order valence-corrected chi connectivity index (χ4v) is 2.22. The molecule has 64 valence electrons. The summed E-state index contributed by atoms with van der Waals surface area (Å²) in [5.74, 6) is -0.876. The Labute approximate surface area is 84.1 Å². The molecule has 1 N–H and O–H groups in total. The number of hydrogen-bond donors (Lipinski definition) is 1. The first-order chi connectivity index (χ1) is 4.96. The number of carbonyl (C=O) groups is 1. The van der Waals surface area contributed by atoms with Crippen LogP contribution in [-0.4, -0.2) is 21.6 Å². The first-order valence-electron chi connectivity index (χ1n) is 2.90. The summed E-state index contributed by atoms with van der Waals surface area (Å²) >= 11 is 22.4. The molecule has 1 atom stereocenters. The molecule has 0 aromatic heterocycles. The molecule has 1 unspecified atom stereocenters. The van der Waals surface area contributed by atoms with E-state index in [1.165, 1.54) is 0 Å². The number of rotatable bonds is 1. The summed E-state index contributed by atoms with van der Waals surface area (Å²) in [7, 11) is 0. The third-order valence-corrected chi connectivity index (χ3v) is 3.07. The molecule has 1 aliphatic heterocycles. The highest BCUT2D eigenvalue weighted by molar-refractivity contribution is 6.60. The molecule has 6 heteroatoms. The molecule has 1 rings (SSSR count). The van der Waals surface area contributed by atoms with Crippen molar-refractivity contribution in [3.63, 3.8) is 0 Å². The van der Waals surface area contributed by atoms with E-state index in [2.05, 4.69) is 5.32 Å². The minimum absolute atomic E-state index is 0.323. The molecular formula is C5H5Cl4NO. The van der Waals surface area contributed by atoms with Gasteiger partial charge in [-0.3, -0.25) is 4.79 Å². The lowest BCUT2D eigenvalue weighted by atomic mass is 10.1. The molecule has 1 heterocycles. The monoisotopic (exact) mass is 235 g/mol. The van der Waals surface area contributed by atoms with E-state index in [1.807, 2.05) is 0 Å². The molecular weight excluding hydrogens is 232 g/mol. The molecule has 0 aliphatic carbocycles. The van der Waals surface area contributed by atoms with Gasteiger partial charge in [-0.2, -0.15) is 0 Å². The highest BCUT2D eigenvalue weighted by atomic mass is 35.5. The number of hydrogen-bond acceptors (Lipinski definition) is 1. The zero-order valence-corrected chi connectivity index (χ0v) is 8.31. The Balaban J connectivity index is 2.78. The maximum atomic E-state index is 10.9. The highest BCUT2D eigenvalue weighted by Gasteiger charge is 2.50. The van der Waals surface area contributed by atoms with Gasteiger partial charge in [0.1, 0.15) is 4.84 Å². The average Bonchev–Trinajstić information content (AvgIpc) is 2.08. The number of alkyl halides is 4. The summed E-state index contributed by atoms with van der Waals surface area (Å²) in [5, 5.41) is 2.47. The first-order valence-corrected chi connectivity index (χ1v) is 4.53. The maximum absolute atomic E-state index is 10.9. The molecule has 2 nitrogen and oxygen atoms in total. The fraction of sp³-hybridized carbons (Fsp3) is 0.800. The third-order valence-electron chi connectivity index (χ3n) is 1.56. The summed E-state index contributed by atoms with van der Waals surface area (Å²) in [6.07, 6.45) is 0. The van der Waals surface area contributed by atoms with Crippen LogP contribution in [0, 0.1) is 5.92 Å². The van der Waals surface area contributed by atoms with Gasteiger partial charge in [-0.15, -0.1) is 23.2 Å². The van der Waals surface area contributed by atoms with Crippen LogP contribution in [-0.2, 0) is 4.79 Å². The van der Waals surface area contributed by atoms with E-state index in [-0.39, 0.29) is 0 Å². The molecule has 0 radical (unpaired) electrons. The van der Waals surface area contributed by atoms with Crippen molar-refractivity contribution in [3.05, 3.63) is 0 Å². The number of amides is 1. The van der Waals surface area contributed by atoms with Crippen LogP contribution < -0.4 is 5.32 Å². The first kappa shape index (κ1) is 9.72. The minimum atomic E-state index is -1.48. The molecule has 1 aliphatic rings. The zero-order valence-electron chi connectivity index (χ0n) is 5.28. The predicted molar refractivity (Wildman–Crippen MR) is 46.4 cm³/mol. The third kappa shape index (κ3) is 1.69. The van der Waals surface area contributed by atoms with Gasteiger partial charge < -0.3 is 5.32 Å². The lowest BCUT2D eigenvalue weighted by Crippen LogP contribution is -2.33. The van der Waals surface area contributed by atoms with E-state index in [9.17, 15) is 4.79 Å². The van der Waals surface area contributed by atoms with E-state index in [0.717, 1.165) is 0 Å². The van der Waals surface area contributed by atoms with Crippen molar-refractivity contribution in [2.24, 2.45) is 5.92 Å². The molecule has 1 saturated heterocycles. The second-order valence-corrected chi connectivity index (χ2v) is 4.82. The van der Waals surface area contributed by atoms with Gasteiger partial charge in [-0.25, -0.2) is 0 Å². The fourth-order valence-electron chi connectivity index (χ4n) is 0.864. The van der Waals surface area contributed by atoms with Crippen molar-refractivity contribution in [1.82, 2.24) is 5.32 Å². The molecule has 1 amide bonds. The number of nitrogens with one attached hydrogen (secondary N) is 1. The lowest BCUT2D eigenvalue weighted by Gasteiger charge is -2.18. The van der Waals surface area contributed by atoms with Crippen molar-refractivity contribution in [1.29, 1.82) is 0 Å². The number of halogens is 4. The van der Waals surface area contributed by atoms with Gasteiger partial charge in [0.2, 0.25) is 4.33 Å². The van der Waals surface area contributed by atoms with Crippen LogP contribution in [0.2, 0.25) is 0 Å².